The molecular weight excluding hydrogens is 450 g/mol. The van der Waals surface area contributed by atoms with Crippen LogP contribution >= 0.6 is 0 Å². The molecule has 0 saturated carbocycles. The van der Waals surface area contributed by atoms with E-state index in [0.29, 0.717) is 13.1 Å². The number of imidazole rings is 1. The van der Waals surface area contributed by atoms with Gasteiger partial charge in [0.25, 0.3) is 5.91 Å². The summed E-state index contributed by atoms with van der Waals surface area (Å²) in [6.07, 6.45) is 15.8. The Morgan fingerprint density at radius 3 is 2.78 bits per heavy atom. The summed E-state index contributed by atoms with van der Waals surface area (Å²) in [6, 6.07) is 9.90. The molecule has 6 rings (SSSR count). The van der Waals surface area contributed by atoms with Crippen LogP contribution in [0, 0.1) is 0 Å². The van der Waals surface area contributed by atoms with Crippen molar-refractivity contribution in [1.29, 1.82) is 0 Å². The molecule has 1 aromatic carbocycles. The molecule has 7 heteroatoms. The quantitative estimate of drug-likeness (QED) is 0.527. The number of allylic oxidation sites excluding steroid dienone is 3. The summed E-state index contributed by atoms with van der Waals surface area (Å²) in [4.78, 5) is 29.3. The van der Waals surface area contributed by atoms with Gasteiger partial charge in [-0.3, -0.25) is 9.79 Å². The molecule has 36 heavy (non-hydrogen) atoms. The molecule has 0 unspecified atom stereocenters. The van der Waals surface area contributed by atoms with Crippen LogP contribution in [0.3, 0.4) is 0 Å². The lowest BCUT2D eigenvalue weighted by molar-refractivity contribution is -0.127. The molecule has 186 valence electrons. The molecule has 1 N–H and O–H groups in total. The number of likely N-dealkylation sites (tertiary alicyclic amines) is 1. The molecule has 0 spiro atoms. The zero-order chi connectivity index (χ0) is 24.7. The van der Waals surface area contributed by atoms with Gasteiger partial charge in [-0.1, -0.05) is 30.4 Å². The van der Waals surface area contributed by atoms with Gasteiger partial charge in [0.2, 0.25) is 0 Å². The molecule has 0 atom stereocenters. The smallest absolute Gasteiger partial charge is 0.256 e. The number of H-pyrrole nitrogens is 1. The molecule has 0 radical (unpaired) electrons. The summed E-state index contributed by atoms with van der Waals surface area (Å²) < 4.78 is 5.12. The van der Waals surface area contributed by atoms with Crippen molar-refractivity contribution < 1.29 is 9.21 Å². The SMILES string of the molecule is C/C=C(\C=C/C1=C(C(=O)N2CCc3nc[nH]c3C2)C=NCC1)N1CCCC1.c1ccc2occc2c1. The monoisotopic (exact) mass is 483 g/mol. The van der Waals surface area contributed by atoms with E-state index in [9.17, 15) is 4.79 Å². The first-order valence-electron chi connectivity index (χ1n) is 12.8. The summed E-state index contributed by atoms with van der Waals surface area (Å²) in [7, 11) is 0. The number of aromatic amines is 1. The van der Waals surface area contributed by atoms with Crippen molar-refractivity contribution in [3.05, 3.63) is 89.4 Å². The van der Waals surface area contributed by atoms with Gasteiger partial charge in [-0.2, -0.15) is 0 Å². The lowest BCUT2D eigenvalue weighted by Gasteiger charge is -2.28. The number of para-hydroxylation sites is 1. The molecule has 2 aromatic heterocycles. The number of dihydropyridines is 1. The summed E-state index contributed by atoms with van der Waals surface area (Å²) in [5.74, 6) is 0.0709. The third-order valence-corrected chi connectivity index (χ3v) is 6.95. The van der Waals surface area contributed by atoms with Gasteiger partial charge in [0, 0.05) is 49.9 Å². The molecule has 5 heterocycles. The van der Waals surface area contributed by atoms with Gasteiger partial charge in [0.15, 0.2) is 0 Å². The van der Waals surface area contributed by atoms with Gasteiger partial charge in [-0.15, -0.1) is 0 Å². The number of fused-ring (bicyclic) bond motifs is 2. The Hall–Kier alpha value is -3.87. The first-order valence-corrected chi connectivity index (χ1v) is 12.8. The van der Waals surface area contributed by atoms with Gasteiger partial charge >= 0.3 is 0 Å². The third-order valence-electron chi connectivity index (χ3n) is 6.95. The molecule has 7 nitrogen and oxygen atoms in total. The Morgan fingerprint density at radius 2 is 1.94 bits per heavy atom. The number of aliphatic imine (C=N–C) groups is 1. The number of nitrogens with zero attached hydrogens (tertiary/aromatic N) is 4. The highest BCUT2D eigenvalue weighted by atomic mass is 16.3. The van der Waals surface area contributed by atoms with E-state index in [1.165, 1.54) is 18.5 Å². The second kappa shape index (κ2) is 11.2. The van der Waals surface area contributed by atoms with Crippen LogP contribution in [0.4, 0.5) is 0 Å². The molecule has 3 aliphatic heterocycles. The predicted octanol–water partition coefficient (Wildman–Crippen LogP) is 5.05. The summed E-state index contributed by atoms with van der Waals surface area (Å²) >= 11 is 0. The van der Waals surface area contributed by atoms with Crippen LogP contribution in [0.25, 0.3) is 11.0 Å². The zero-order valence-corrected chi connectivity index (χ0v) is 20.8. The fraction of sp³-hybridized carbons (Fsp3) is 0.345. The maximum absolute atomic E-state index is 13.1. The summed E-state index contributed by atoms with van der Waals surface area (Å²) in [5.41, 5.74) is 6.15. The molecule has 1 saturated heterocycles. The number of nitrogens with one attached hydrogen (secondary N) is 1. The van der Waals surface area contributed by atoms with E-state index in [0.717, 1.165) is 66.0 Å². The average molecular weight is 484 g/mol. The summed E-state index contributed by atoms with van der Waals surface area (Å²) in [5, 5.41) is 1.16. The van der Waals surface area contributed by atoms with Crippen LogP contribution < -0.4 is 0 Å². The fourth-order valence-electron chi connectivity index (χ4n) is 4.93. The van der Waals surface area contributed by atoms with Gasteiger partial charge in [0.05, 0.1) is 36.1 Å². The van der Waals surface area contributed by atoms with Crippen molar-refractivity contribution in [1.82, 2.24) is 19.8 Å². The minimum Gasteiger partial charge on any atom is -0.464 e. The van der Waals surface area contributed by atoms with Crippen molar-refractivity contribution in [3.8, 4) is 0 Å². The normalized spacial score (nSPS) is 18.1. The van der Waals surface area contributed by atoms with Crippen LogP contribution in [0.1, 0.15) is 37.6 Å². The topological polar surface area (TPSA) is 77.7 Å². The Bertz CT molecular complexity index is 1290. The number of aromatic nitrogens is 2. The average Bonchev–Trinajstić information content (AvgIpc) is 3.71. The number of furan rings is 1. The Kier molecular flexibility index (Phi) is 7.45. The van der Waals surface area contributed by atoms with E-state index in [1.807, 2.05) is 35.2 Å². The lowest BCUT2D eigenvalue weighted by Crippen LogP contribution is -2.38. The number of amides is 1. The first-order chi connectivity index (χ1) is 17.7. The molecule has 0 bridgehead atoms. The van der Waals surface area contributed by atoms with E-state index in [1.54, 1.807) is 18.8 Å². The maximum Gasteiger partial charge on any atom is 0.256 e. The standard InChI is InChI=1S/C21H27N5O.C8H6O/c1-2-17(25-10-3-4-11-25)6-5-16-7-9-22-13-18(16)21(27)26-12-8-19-20(14-26)24-15-23-19;1-2-4-8-7(3-1)5-6-9-8/h2,5-6,13,15H,3-4,7-12,14H2,1H3,(H,23,24);1-6H/b6-5-,17-2+;. The maximum atomic E-state index is 13.1. The second-order valence-corrected chi connectivity index (χ2v) is 9.23. The van der Waals surface area contributed by atoms with E-state index in [4.69, 9.17) is 4.42 Å². The van der Waals surface area contributed by atoms with Crippen LogP contribution in [-0.2, 0) is 17.8 Å². The van der Waals surface area contributed by atoms with Crippen LogP contribution in [0.5, 0.6) is 0 Å². The van der Waals surface area contributed by atoms with Gasteiger partial charge in [-0.05, 0) is 50.0 Å². The van der Waals surface area contributed by atoms with Crippen molar-refractivity contribution in [3.63, 3.8) is 0 Å². The number of hydrogen-bond acceptors (Lipinski definition) is 5. The number of rotatable bonds is 4. The van der Waals surface area contributed by atoms with E-state index >= 15 is 0 Å². The molecule has 0 aliphatic carbocycles. The Morgan fingerprint density at radius 1 is 1.08 bits per heavy atom. The molecule has 1 fully saturated rings. The Balaban J connectivity index is 0.000000247. The highest BCUT2D eigenvalue weighted by molar-refractivity contribution is 6.13. The van der Waals surface area contributed by atoms with Gasteiger partial charge < -0.3 is 19.2 Å². The highest BCUT2D eigenvalue weighted by Crippen LogP contribution is 2.23. The van der Waals surface area contributed by atoms with E-state index < -0.39 is 0 Å². The summed E-state index contributed by atoms with van der Waals surface area (Å²) in [6.45, 7) is 6.37. The van der Waals surface area contributed by atoms with Crippen molar-refractivity contribution >= 4 is 23.1 Å². The van der Waals surface area contributed by atoms with Crippen molar-refractivity contribution in [2.75, 3.05) is 26.2 Å². The lowest BCUT2D eigenvalue weighted by atomic mass is 10.00. The fourth-order valence-corrected chi connectivity index (χ4v) is 4.93. The second-order valence-electron chi connectivity index (χ2n) is 9.23. The third kappa shape index (κ3) is 5.35. The van der Waals surface area contributed by atoms with E-state index in [-0.39, 0.29) is 5.91 Å². The number of hydrogen-bond donors (Lipinski definition) is 1. The number of carbonyl (C=O) groups excluding carboxylic acids is 1. The largest absolute Gasteiger partial charge is 0.464 e. The molecular formula is C29H33N5O2. The minimum atomic E-state index is 0.0709. The highest BCUT2D eigenvalue weighted by Gasteiger charge is 2.26. The Labute approximate surface area is 211 Å². The van der Waals surface area contributed by atoms with Crippen molar-refractivity contribution in [2.24, 2.45) is 4.99 Å². The van der Waals surface area contributed by atoms with Crippen LogP contribution in [0.15, 0.2) is 87.4 Å². The predicted molar refractivity (Wildman–Crippen MR) is 143 cm³/mol. The van der Waals surface area contributed by atoms with Crippen molar-refractivity contribution in [2.45, 2.75) is 39.2 Å². The number of benzene rings is 1. The van der Waals surface area contributed by atoms with Crippen LogP contribution in [0.2, 0.25) is 0 Å². The van der Waals surface area contributed by atoms with Crippen LogP contribution in [-0.4, -0.2) is 58.1 Å². The van der Waals surface area contributed by atoms with Gasteiger partial charge in [0.1, 0.15) is 5.58 Å². The first kappa shape index (κ1) is 23.9. The minimum absolute atomic E-state index is 0.0709. The molecule has 1 amide bonds. The molecule has 3 aliphatic rings. The zero-order valence-electron chi connectivity index (χ0n) is 20.8. The number of carbonyl (C=O) groups is 1. The van der Waals surface area contributed by atoms with Gasteiger partial charge in [-0.25, -0.2) is 4.98 Å². The molecule has 3 aromatic rings. The van der Waals surface area contributed by atoms with E-state index in [2.05, 4.69) is 45.0 Å².